The van der Waals surface area contributed by atoms with Crippen molar-refractivity contribution in [1.29, 1.82) is 0 Å². The molecule has 1 aliphatic heterocycles. The number of aryl methyl sites for hydroxylation is 1. The minimum atomic E-state index is 0.618. The van der Waals surface area contributed by atoms with Crippen LogP contribution >= 0.6 is 0 Å². The van der Waals surface area contributed by atoms with Gasteiger partial charge >= 0.3 is 0 Å². The lowest BCUT2D eigenvalue weighted by Crippen LogP contribution is -2.48. The van der Waals surface area contributed by atoms with Crippen LogP contribution in [-0.2, 0) is 13.5 Å². The topological polar surface area (TPSA) is 20.2 Å². The molecule has 102 valence electrons. The summed E-state index contributed by atoms with van der Waals surface area (Å²) < 4.78 is 2.25. The maximum Gasteiger partial charge on any atom is 0.0480 e. The quantitative estimate of drug-likeness (QED) is 0.908. The average Bonchev–Trinajstić information content (AvgIpc) is 2.77. The number of piperazine rings is 1. The summed E-state index contributed by atoms with van der Waals surface area (Å²) in [5.74, 6) is 0. The predicted molar refractivity (Wildman–Crippen MR) is 80.5 cm³/mol. The van der Waals surface area contributed by atoms with Gasteiger partial charge in [-0.25, -0.2) is 0 Å². The fourth-order valence-corrected chi connectivity index (χ4v) is 3.16. The molecule has 0 amide bonds. The Hall–Kier alpha value is -1.32. The molecule has 0 bridgehead atoms. The van der Waals surface area contributed by atoms with Crippen molar-refractivity contribution in [2.45, 2.75) is 19.4 Å². The fraction of sp³-hybridized carbons (Fsp3) is 0.500. The largest absolute Gasteiger partial charge is 0.350 e. The molecular formula is C16H23N3. The number of rotatable bonds is 3. The second-order valence-corrected chi connectivity index (χ2v) is 5.62. The van der Waals surface area contributed by atoms with E-state index in [1.165, 1.54) is 29.6 Å². The molecule has 1 atom stereocenters. The zero-order valence-electron chi connectivity index (χ0n) is 11.9. The molecule has 2 heterocycles. The van der Waals surface area contributed by atoms with E-state index < -0.39 is 0 Å². The van der Waals surface area contributed by atoms with Crippen LogP contribution in [-0.4, -0.2) is 41.7 Å². The second kappa shape index (κ2) is 5.35. The lowest BCUT2D eigenvalue weighted by molar-refractivity contribution is 0.183. The third kappa shape index (κ3) is 2.53. The average molecular weight is 257 g/mol. The summed E-state index contributed by atoms with van der Waals surface area (Å²) in [4.78, 5) is 2.60. The van der Waals surface area contributed by atoms with Gasteiger partial charge in [-0.1, -0.05) is 18.2 Å². The van der Waals surface area contributed by atoms with Crippen LogP contribution in [0.4, 0.5) is 0 Å². The van der Waals surface area contributed by atoms with Crippen molar-refractivity contribution < 1.29 is 0 Å². The molecule has 1 saturated heterocycles. The Morgan fingerprint density at radius 1 is 1.21 bits per heavy atom. The van der Waals surface area contributed by atoms with Crippen molar-refractivity contribution in [2.75, 3.05) is 26.2 Å². The Kier molecular flexibility index (Phi) is 3.58. The van der Waals surface area contributed by atoms with E-state index in [-0.39, 0.29) is 0 Å². The number of fused-ring (bicyclic) bond motifs is 1. The van der Waals surface area contributed by atoms with Gasteiger partial charge in [-0.15, -0.1) is 0 Å². The van der Waals surface area contributed by atoms with Gasteiger partial charge in [0, 0.05) is 56.4 Å². The minimum absolute atomic E-state index is 0.618. The van der Waals surface area contributed by atoms with Crippen LogP contribution in [0.2, 0.25) is 0 Å². The Bertz CT molecular complexity index is 552. The van der Waals surface area contributed by atoms with E-state index in [1.807, 2.05) is 0 Å². The van der Waals surface area contributed by atoms with Crippen LogP contribution in [0.5, 0.6) is 0 Å². The van der Waals surface area contributed by atoms with Gasteiger partial charge in [-0.05, 0) is 25.0 Å². The predicted octanol–water partition coefficient (Wildman–Crippen LogP) is 2.01. The molecule has 1 unspecified atom stereocenters. The molecule has 0 spiro atoms. The Labute approximate surface area is 115 Å². The number of para-hydroxylation sites is 1. The lowest BCUT2D eigenvalue weighted by Gasteiger charge is -2.32. The van der Waals surface area contributed by atoms with Gasteiger partial charge in [0.15, 0.2) is 0 Å². The zero-order chi connectivity index (χ0) is 13.2. The maximum atomic E-state index is 3.42. The molecule has 3 heteroatoms. The van der Waals surface area contributed by atoms with Crippen molar-refractivity contribution in [2.24, 2.45) is 7.05 Å². The van der Waals surface area contributed by atoms with Crippen molar-refractivity contribution in [3.05, 3.63) is 36.0 Å². The number of hydrogen-bond donors (Lipinski definition) is 1. The van der Waals surface area contributed by atoms with Crippen molar-refractivity contribution in [1.82, 2.24) is 14.8 Å². The molecular weight excluding hydrogens is 234 g/mol. The van der Waals surface area contributed by atoms with Crippen LogP contribution in [0.25, 0.3) is 10.9 Å². The standard InChI is InChI=1S/C16H23N3/c1-13(19-9-7-17-8-10-19)11-14-12-18(2)16-6-4-3-5-15(14)16/h3-6,12-13,17H,7-11H2,1-2H3. The normalized spacial score (nSPS) is 18.8. The molecule has 1 aromatic carbocycles. The second-order valence-electron chi connectivity index (χ2n) is 5.62. The van der Waals surface area contributed by atoms with E-state index in [1.54, 1.807) is 0 Å². The monoisotopic (exact) mass is 257 g/mol. The highest BCUT2D eigenvalue weighted by atomic mass is 15.2. The van der Waals surface area contributed by atoms with Gasteiger partial charge in [0.05, 0.1) is 0 Å². The number of benzene rings is 1. The molecule has 0 aliphatic carbocycles. The van der Waals surface area contributed by atoms with Gasteiger partial charge in [-0.3, -0.25) is 4.90 Å². The van der Waals surface area contributed by atoms with Crippen LogP contribution < -0.4 is 5.32 Å². The van der Waals surface area contributed by atoms with Gasteiger partial charge < -0.3 is 9.88 Å². The number of hydrogen-bond acceptors (Lipinski definition) is 2. The first-order chi connectivity index (χ1) is 9.25. The maximum absolute atomic E-state index is 3.42. The number of nitrogens with one attached hydrogen (secondary N) is 1. The third-order valence-corrected chi connectivity index (χ3v) is 4.27. The summed E-state index contributed by atoms with van der Waals surface area (Å²) in [6, 6.07) is 9.32. The van der Waals surface area contributed by atoms with E-state index in [9.17, 15) is 0 Å². The van der Waals surface area contributed by atoms with Crippen molar-refractivity contribution in [3.8, 4) is 0 Å². The van der Waals surface area contributed by atoms with E-state index in [4.69, 9.17) is 0 Å². The molecule has 0 saturated carbocycles. The molecule has 1 fully saturated rings. The molecule has 1 aliphatic rings. The molecule has 2 aromatic rings. The Morgan fingerprint density at radius 3 is 2.74 bits per heavy atom. The first kappa shape index (κ1) is 12.7. The van der Waals surface area contributed by atoms with Gasteiger partial charge in [0.25, 0.3) is 0 Å². The zero-order valence-corrected chi connectivity index (χ0v) is 11.9. The fourth-order valence-electron chi connectivity index (χ4n) is 3.16. The summed E-state index contributed by atoms with van der Waals surface area (Å²) in [5.41, 5.74) is 2.81. The van der Waals surface area contributed by atoms with Gasteiger partial charge in [0.2, 0.25) is 0 Å². The number of aromatic nitrogens is 1. The highest BCUT2D eigenvalue weighted by Gasteiger charge is 2.18. The van der Waals surface area contributed by atoms with Crippen LogP contribution in [0, 0.1) is 0 Å². The van der Waals surface area contributed by atoms with Crippen LogP contribution in [0.1, 0.15) is 12.5 Å². The van der Waals surface area contributed by atoms with Gasteiger partial charge in [0.1, 0.15) is 0 Å². The van der Waals surface area contributed by atoms with E-state index in [0.29, 0.717) is 6.04 Å². The molecule has 0 radical (unpaired) electrons. The first-order valence-electron chi connectivity index (χ1n) is 7.23. The minimum Gasteiger partial charge on any atom is -0.350 e. The summed E-state index contributed by atoms with van der Waals surface area (Å²) in [7, 11) is 2.14. The summed E-state index contributed by atoms with van der Waals surface area (Å²) in [6.07, 6.45) is 3.44. The van der Waals surface area contributed by atoms with E-state index in [0.717, 1.165) is 19.5 Å². The number of nitrogens with zero attached hydrogens (tertiary/aromatic N) is 2. The molecule has 1 aromatic heterocycles. The van der Waals surface area contributed by atoms with Crippen LogP contribution in [0.15, 0.2) is 30.5 Å². The molecule has 3 rings (SSSR count). The van der Waals surface area contributed by atoms with Crippen molar-refractivity contribution >= 4 is 10.9 Å². The highest BCUT2D eigenvalue weighted by molar-refractivity contribution is 5.83. The van der Waals surface area contributed by atoms with E-state index in [2.05, 4.69) is 59.2 Å². The third-order valence-electron chi connectivity index (χ3n) is 4.27. The SMILES string of the molecule is CC(Cc1cn(C)c2ccccc12)N1CCNCC1. The van der Waals surface area contributed by atoms with E-state index >= 15 is 0 Å². The van der Waals surface area contributed by atoms with Gasteiger partial charge in [-0.2, -0.15) is 0 Å². The van der Waals surface area contributed by atoms with Crippen molar-refractivity contribution in [3.63, 3.8) is 0 Å². The molecule has 1 N–H and O–H groups in total. The lowest BCUT2D eigenvalue weighted by atomic mass is 10.0. The first-order valence-corrected chi connectivity index (χ1v) is 7.23. The molecule has 19 heavy (non-hydrogen) atoms. The van der Waals surface area contributed by atoms with Crippen LogP contribution in [0.3, 0.4) is 0 Å². The summed E-state index contributed by atoms with van der Waals surface area (Å²) >= 11 is 0. The Morgan fingerprint density at radius 2 is 1.95 bits per heavy atom. The molecule has 3 nitrogen and oxygen atoms in total. The highest BCUT2D eigenvalue weighted by Crippen LogP contribution is 2.22. The Balaban J connectivity index is 1.81. The summed E-state index contributed by atoms with van der Waals surface area (Å²) in [5, 5.41) is 4.83. The summed E-state index contributed by atoms with van der Waals surface area (Å²) in [6.45, 7) is 6.95. The smallest absolute Gasteiger partial charge is 0.0480 e.